The van der Waals surface area contributed by atoms with Crippen molar-refractivity contribution < 1.29 is 19.4 Å². The molecule has 0 aliphatic carbocycles. The first-order valence-electron chi connectivity index (χ1n) is 4.59. The highest BCUT2D eigenvalue weighted by atomic mass is 16.5. The summed E-state index contributed by atoms with van der Waals surface area (Å²) < 4.78 is 9.33. The molecule has 0 amide bonds. The molecule has 0 aromatic heterocycles. The Balaban J connectivity index is 2.82. The fourth-order valence-electron chi connectivity index (χ4n) is 1.07. The first-order valence-corrected chi connectivity index (χ1v) is 4.59. The number of hydrogen-bond acceptors (Lipinski definition) is 4. The van der Waals surface area contributed by atoms with E-state index in [0.717, 1.165) is 0 Å². The monoisotopic (exact) mass is 220 g/mol. The highest BCUT2D eigenvalue weighted by Crippen LogP contribution is 2.18. The minimum atomic E-state index is -1.03. The maximum absolute atomic E-state index is 10.7. The molecule has 16 heavy (non-hydrogen) atoms. The van der Waals surface area contributed by atoms with E-state index < -0.39 is 12.1 Å². The molecule has 0 saturated heterocycles. The van der Waals surface area contributed by atoms with Gasteiger partial charge in [-0.3, -0.25) is 0 Å². The van der Waals surface area contributed by atoms with E-state index in [2.05, 4.69) is 16.6 Å². The molecule has 0 bridgehead atoms. The van der Waals surface area contributed by atoms with Gasteiger partial charge in [0, 0.05) is 5.92 Å². The van der Waals surface area contributed by atoms with Crippen LogP contribution in [0.4, 0.5) is 0 Å². The van der Waals surface area contributed by atoms with Gasteiger partial charge in [-0.05, 0) is 17.7 Å². The Morgan fingerprint density at radius 2 is 2.19 bits per heavy atom. The fraction of sp³-hybridized carbons (Fsp3) is 0.250. The Kier molecular flexibility index (Phi) is 4.37. The number of carbonyl (C=O) groups is 1. The van der Waals surface area contributed by atoms with Gasteiger partial charge in [0.1, 0.15) is 11.9 Å². The van der Waals surface area contributed by atoms with Gasteiger partial charge in [-0.15, -0.1) is 0 Å². The summed E-state index contributed by atoms with van der Waals surface area (Å²) in [7, 11) is 2.76. The first-order chi connectivity index (χ1) is 7.67. The summed E-state index contributed by atoms with van der Waals surface area (Å²) in [5, 5.41) is 9.65. The van der Waals surface area contributed by atoms with Crippen LogP contribution in [-0.2, 0) is 9.53 Å². The summed E-state index contributed by atoms with van der Waals surface area (Å²) in [6, 6.07) is 6.83. The molecule has 1 atom stereocenters. The summed E-state index contributed by atoms with van der Waals surface area (Å²) in [6.45, 7) is 0. The molecule has 4 heteroatoms. The molecule has 1 aromatic carbocycles. The Bertz CT molecular complexity index is 428. The van der Waals surface area contributed by atoms with E-state index in [1.165, 1.54) is 14.2 Å². The smallest absolute Gasteiger partial charge is 0.384 e. The maximum Gasteiger partial charge on any atom is 0.384 e. The Morgan fingerprint density at radius 1 is 1.44 bits per heavy atom. The van der Waals surface area contributed by atoms with Crippen molar-refractivity contribution in [2.45, 2.75) is 6.10 Å². The second-order valence-electron chi connectivity index (χ2n) is 2.94. The predicted molar refractivity (Wildman–Crippen MR) is 57.7 cm³/mol. The van der Waals surface area contributed by atoms with Crippen LogP contribution >= 0.6 is 0 Å². The third-order valence-electron chi connectivity index (χ3n) is 1.91. The SMILES string of the molecule is COC(=O)C#C[C@@H](O)c1cccc(OC)c1. The highest BCUT2D eigenvalue weighted by Gasteiger charge is 2.05. The number of esters is 1. The molecule has 0 heterocycles. The summed E-state index contributed by atoms with van der Waals surface area (Å²) in [5.41, 5.74) is 0.566. The van der Waals surface area contributed by atoms with Crippen LogP contribution in [0.15, 0.2) is 24.3 Å². The average molecular weight is 220 g/mol. The third kappa shape index (κ3) is 3.30. The lowest BCUT2D eigenvalue weighted by Crippen LogP contribution is -1.98. The van der Waals surface area contributed by atoms with E-state index in [-0.39, 0.29) is 0 Å². The molecule has 1 N–H and O–H groups in total. The standard InChI is InChI=1S/C12H12O4/c1-15-10-5-3-4-9(8-10)11(13)6-7-12(14)16-2/h3-5,8,11,13H,1-2H3/t11-/m1/s1. The summed E-state index contributed by atoms with van der Waals surface area (Å²) in [6.07, 6.45) is -1.03. The largest absolute Gasteiger partial charge is 0.497 e. The molecule has 1 rings (SSSR count). The van der Waals surface area contributed by atoms with Crippen LogP contribution in [0.3, 0.4) is 0 Å². The van der Waals surface area contributed by atoms with E-state index in [1.54, 1.807) is 24.3 Å². The zero-order chi connectivity index (χ0) is 12.0. The minimum Gasteiger partial charge on any atom is -0.497 e. The zero-order valence-corrected chi connectivity index (χ0v) is 9.06. The summed E-state index contributed by atoms with van der Waals surface area (Å²) in [5.74, 6) is 4.49. The molecule has 0 radical (unpaired) electrons. The molecular formula is C12H12O4. The van der Waals surface area contributed by atoms with E-state index >= 15 is 0 Å². The Labute approximate surface area is 93.8 Å². The number of rotatable bonds is 2. The van der Waals surface area contributed by atoms with Gasteiger partial charge in [0.2, 0.25) is 0 Å². The van der Waals surface area contributed by atoms with Gasteiger partial charge < -0.3 is 14.6 Å². The number of aliphatic hydroxyl groups is 1. The van der Waals surface area contributed by atoms with Crippen molar-refractivity contribution in [3.63, 3.8) is 0 Å². The first kappa shape index (κ1) is 12.1. The topological polar surface area (TPSA) is 55.8 Å². The molecule has 0 aliphatic rings. The number of methoxy groups -OCH3 is 2. The van der Waals surface area contributed by atoms with E-state index in [9.17, 15) is 9.90 Å². The Hall–Kier alpha value is -1.99. The number of hydrogen-bond donors (Lipinski definition) is 1. The second-order valence-corrected chi connectivity index (χ2v) is 2.94. The van der Waals surface area contributed by atoms with Crippen molar-refractivity contribution in [2.24, 2.45) is 0 Å². The zero-order valence-electron chi connectivity index (χ0n) is 9.06. The Morgan fingerprint density at radius 3 is 2.81 bits per heavy atom. The van der Waals surface area contributed by atoms with Crippen molar-refractivity contribution >= 4 is 5.97 Å². The molecule has 0 aliphatic heterocycles. The van der Waals surface area contributed by atoms with Crippen LogP contribution in [-0.4, -0.2) is 25.3 Å². The van der Waals surface area contributed by atoms with Crippen LogP contribution in [0.2, 0.25) is 0 Å². The lowest BCUT2D eigenvalue weighted by atomic mass is 10.1. The van der Waals surface area contributed by atoms with Crippen molar-refractivity contribution in [3.05, 3.63) is 29.8 Å². The lowest BCUT2D eigenvalue weighted by molar-refractivity contribution is -0.133. The van der Waals surface area contributed by atoms with Gasteiger partial charge in [0.05, 0.1) is 14.2 Å². The third-order valence-corrected chi connectivity index (χ3v) is 1.91. The van der Waals surface area contributed by atoms with Gasteiger partial charge in [-0.2, -0.15) is 0 Å². The lowest BCUT2D eigenvalue weighted by Gasteiger charge is -2.05. The van der Waals surface area contributed by atoms with Gasteiger partial charge in [0.25, 0.3) is 0 Å². The minimum absolute atomic E-state index is 0.566. The van der Waals surface area contributed by atoms with Gasteiger partial charge >= 0.3 is 5.97 Å². The van der Waals surface area contributed by atoms with Gasteiger partial charge in [0.15, 0.2) is 0 Å². The van der Waals surface area contributed by atoms with Crippen LogP contribution in [0.25, 0.3) is 0 Å². The van der Waals surface area contributed by atoms with Crippen LogP contribution in [0, 0.1) is 11.8 Å². The molecule has 0 unspecified atom stereocenters. The molecular weight excluding hydrogens is 208 g/mol. The van der Waals surface area contributed by atoms with Crippen molar-refractivity contribution in [1.82, 2.24) is 0 Å². The van der Waals surface area contributed by atoms with Crippen molar-refractivity contribution in [1.29, 1.82) is 0 Å². The van der Waals surface area contributed by atoms with Crippen LogP contribution < -0.4 is 4.74 Å². The predicted octanol–water partition coefficient (Wildman–Crippen LogP) is 0.905. The fourth-order valence-corrected chi connectivity index (χ4v) is 1.07. The van der Waals surface area contributed by atoms with Crippen molar-refractivity contribution in [2.75, 3.05) is 14.2 Å². The average Bonchev–Trinajstić information content (AvgIpc) is 2.35. The van der Waals surface area contributed by atoms with E-state index in [1.807, 2.05) is 0 Å². The van der Waals surface area contributed by atoms with Crippen molar-refractivity contribution in [3.8, 4) is 17.6 Å². The molecule has 0 saturated carbocycles. The number of benzene rings is 1. The molecule has 0 fully saturated rings. The molecule has 1 aromatic rings. The second kappa shape index (κ2) is 5.79. The molecule has 84 valence electrons. The normalized spacial score (nSPS) is 10.9. The highest BCUT2D eigenvalue weighted by molar-refractivity contribution is 5.88. The number of carbonyl (C=O) groups excluding carboxylic acids is 1. The van der Waals surface area contributed by atoms with Gasteiger partial charge in [-0.25, -0.2) is 4.79 Å². The molecule has 4 nitrogen and oxygen atoms in total. The van der Waals surface area contributed by atoms with Gasteiger partial charge in [-0.1, -0.05) is 18.1 Å². The maximum atomic E-state index is 10.7. The van der Waals surface area contributed by atoms with E-state index in [4.69, 9.17) is 4.74 Å². The summed E-state index contributed by atoms with van der Waals surface area (Å²) in [4.78, 5) is 10.7. The quantitative estimate of drug-likeness (QED) is 0.457. The van der Waals surface area contributed by atoms with Crippen LogP contribution in [0.5, 0.6) is 5.75 Å². The van der Waals surface area contributed by atoms with E-state index in [0.29, 0.717) is 11.3 Å². The summed E-state index contributed by atoms with van der Waals surface area (Å²) >= 11 is 0. The molecule has 0 spiro atoms. The van der Waals surface area contributed by atoms with Crippen LogP contribution in [0.1, 0.15) is 11.7 Å². The number of ether oxygens (including phenoxy) is 2. The number of aliphatic hydroxyl groups excluding tert-OH is 1.